The molecule has 4 aromatic rings. The lowest BCUT2D eigenvalue weighted by Crippen LogP contribution is -2.52. The van der Waals surface area contributed by atoms with Crippen LogP contribution in [0.25, 0.3) is 11.1 Å². The highest BCUT2D eigenvalue weighted by atomic mass is 35.5. The molecule has 1 saturated heterocycles. The van der Waals surface area contributed by atoms with E-state index < -0.39 is 23.4 Å². The number of fused-ring (bicyclic) bond motifs is 3. The van der Waals surface area contributed by atoms with Gasteiger partial charge >= 0.3 is 6.09 Å². The minimum absolute atomic E-state index is 0.109. The van der Waals surface area contributed by atoms with Gasteiger partial charge in [0.15, 0.2) is 0 Å². The summed E-state index contributed by atoms with van der Waals surface area (Å²) in [7, 11) is 0. The van der Waals surface area contributed by atoms with E-state index in [0.717, 1.165) is 33.4 Å². The molecule has 7 nitrogen and oxygen atoms in total. The number of hydrogen-bond donors (Lipinski definition) is 1. The van der Waals surface area contributed by atoms with Crippen LogP contribution < -0.4 is 10.1 Å². The summed E-state index contributed by atoms with van der Waals surface area (Å²) in [4.78, 5) is 40.5. The molecule has 0 spiro atoms. The van der Waals surface area contributed by atoms with E-state index in [1.807, 2.05) is 78.9 Å². The maximum Gasteiger partial charge on any atom is 0.407 e. The summed E-state index contributed by atoms with van der Waals surface area (Å²) in [6.07, 6.45) is 0.682. The Morgan fingerprint density at radius 3 is 2.11 bits per heavy atom. The number of carbonyl (C=O) groups excluding carboxylic acids is 3. The van der Waals surface area contributed by atoms with E-state index in [2.05, 4.69) is 29.6 Å². The zero-order chi connectivity index (χ0) is 30.5. The van der Waals surface area contributed by atoms with Gasteiger partial charge in [-0.2, -0.15) is 0 Å². The van der Waals surface area contributed by atoms with Crippen molar-refractivity contribution in [2.24, 2.45) is 0 Å². The van der Waals surface area contributed by atoms with Crippen molar-refractivity contribution in [1.82, 2.24) is 10.2 Å². The molecule has 8 heteroatoms. The van der Waals surface area contributed by atoms with E-state index >= 15 is 0 Å². The van der Waals surface area contributed by atoms with E-state index in [1.165, 1.54) is 4.90 Å². The van der Waals surface area contributed by atoms with Crippen LogP contribution in [0.5, 0.6) is 5.75 Å². The molecule has 2 atom stereocenters. The summed E-state index contributed by atoms with van der Waals surface area (Å²) < 4.78 is 11.7. The second kappa shape index (κ2) is 13.3. The largest absolute Gasteiger partial charge is 0.489 e. The highest BCUT2D eigenvalue weighted by Gasteiger charge is 2.37. The fourth-order valence-electron chi connectivity index (χ4n) is 6.15. The van der Waals surface area contributed by atoms with Crippen LogP contribution in [0.4, 0.5) is 4.79 Å². The fraction of sp³-hybridized carbons (Fsp3) is 0.250. The number of rotatable bonds is 10. The number of halogens is 1. The number of alkyl carbamates (subject to hydrolysis) is 1. The first kappa shape index (κ1) is 29.5. The smallest absolute Gasteiger partial charge is 0.407 e. The molecule has 44 heavy (non-hydrogen) atoms. The van der Waals surface area contributed by atoms with Gasteiger partial charge in [0.1, 0.15) is 31.0 Å². The number of hydrogen-bond acceptors (Lipinski definition) is 5. The molecule has 1 aliphatic heterocycles. The number of amides is 2. The molecule has 1 N–H and O–H groups in total. The Bertz CT molecular complexity index is 1600. The fourth-order valence-corrected chi connectivity index (χ4v) is 6.37. The molecule has 0 aromatic heterocycles. The summed E-state index contributed by atoms with van der Waals surface area (Å²) in [6.45, 7) is 0.964. The van der Waals surface area contributed by atoms with Crippen molar-refractivity contribution in [1.29, 1.82) is 0 Å². The molecule has 1 aliphatic carbocycles. The molecule has 1 fully saturated rings. The number of nitrogens with one attached hydrogen (secondary N) is 1. The third kappa shape index (κ3) is 6.48. The van der Waals surface area contributed by atoms with Crippen molar-refractivity contribution in [3.8, 4) is 16.9 Å². The summed E-state index contributed by atoms with van der Waals surface area (Å²) >= 11 is 5.83. The monoisotopic (exact) mass is 608 g/mol. The van der Waals surface area contributed by atoms with Crippen LogP contribution >= 0.6 is 11.6 Å². The lowest BCUT2D eigenvalue weighted by molar-refractivity contribution is -0.137. The number of benzene rings is 4. The Labute approximate surface area is 261 Å². The molecule has 0 saturated carbocycles. The van der Waals surface area contributed by atoms with Crippen molar-refractivity contribution in [3.63, 3.8) is 0 Å². The van der Waals surface area contributed by atoms with Crippen LogP contribution in [0.1, 0.15) is 41.0 Å². The first-order valence-electron chi connectivity index (χ1n) is 14.8. The molecule has 1 heterocycles. The molecular formula is C36H33ClN2O5. The Hall–Kier alpha value is -4.62. The van der Waals surface area contributed by atoms with Gasteiger partial charge in [0.05, 0.1) is 0 Å². The van der Waals surface area contributed by atoms with E-state index in [1.54, 1.807) is 0 Å². The first-order valence-corrected chi connectivity index (χ1v) is 15.2. The Morgan fingerprint density at radius 2 is 1.45 bits per heavy atom. The van der Waals surface area contributed by atoms with Crippen LogP contribution in [0, 0.1) is 0 Å². The normalized spacial score (nSPS) is 16.1. The van der Waals surface area contributed by atoms with Gasteiger partial charge in [0, 0.05) is 18.9 Å². The number of ether oxygens (including phenoxy) is 2. The molecule has 2 aliphatic rings. The molecule has 2 amide bonds. The van der Waals surface area contributed by atoms with E-state index in [4.69, 9.17) is 21.1 Å². The van der Waals surface area contributed by atoms with Crippen molar-refractivity contribution < 1.29 is 23.9 Å². The molecule has 0 bridgehead atoms. The molecule has 0 unspecified atom stereocenters. The zero-order valence-corrected chi connectivity index (χ0v) is 24.9. The van der Waals surface area contributed by atoms with Gasteiger partial charge in [-0.25, -0.2) is 4.79 Å². The van der Waals surface area contributed by atoms with Gasteiger partial charge in [-0.3, -0.25) is 9.59 Å². The lowest BCUT2D eigenvalue weighted by atomic mass is 9.98. The standard InChI is InChI=1S/C36H33ClN2O5/c37-34(40)33-15-8-20-39(33)35(41)32(21-24-16-18-26(19-17-24)43-22-25-9-2-1-3-10-25)38-36(42)44-23-31-29-13-6-4-11-27(29)28-12-5-7-14-30(28)31/h1-7,9-14,16-19,31-33H,8,15,20-23H2,(H,38,42)/t32-,33-/m0/s1. The maximum atomic E-state index is 13.7. The Morgan fingerprint density at radius 1 is 0.818 bits per heavy atom. The SMILES string of the molecule is O=C(N[C@@H](Cc1ccc(OCc2ccccc2)cc1)C(=O)N1CCC[C@H]1C(=O)Cl)OCC1c2ccccc2-c2ccccc21. The van der Waals surface area contributed by atoms with Crippen LogP contribution in [-0.4, -0.2) is 47.4 Å². The van der Waals surface area contributed by atoms with Crippen LogP contribution in [-0.2, 0) is 27.4 Å². The second-order valence-corrected chi connectivity index (χ2v) is 11.5. The minimum Gasteiger partial charge on any atom is -0.489 e. The predicted octanol–water partition coefficient (Wildman–Crippen LogP) is 6.47. The predicted molar refractivity (Wildman–Crippen MR) is 169 cm³/mol. The third-order valence-electron chi connectivity index (χ3n) is 8.34. The summed E-state index contributed by atoms with van der Waals surface area (Å²) in [6, 6.07) is 31.9. The van der Waals surface area contributed by atoms with Crippen molar-refractivity contribution >= 4 is 28.8 Å². The highest BCUT2D eigenvalue weighted by Crippen LogP contribution is 2.44. The Balaban J connectivity index is 1.15. The third-order valence-corrected chi connectivity index (χ3v) is 8.60. The second-order valence-electron chi connectivity index (χ2n) is 11.1. The minimum atomic E-state index is -0.946. The average Bonchev–Trinajstić information content (AvgIpc) is 3.67. The first-order chi connectivity index (χ1) is 21.5. The van der Waals surface area contributed by atoms with E-state index in [0.29, 0.717) is 31.7 Å². The van der Waals surface area contributed by atoms with E-state index in [-0.39, 0.29) is 24.9 Å². The summed E-state index contributed by atoms with van der Waals surface area (Å²) in [5, 5.41) is 2.22. The summed E-state index contributed by atoms with van der Waals surface area (Å²) in [5.74, 6) is 0.222. The maximum absolute atomic E-state index is 13.7. The van der Waals surface area contributed by atoms with Crippen LogP contribution in [0.2, 0.25) is 0 Å². The zero-order valence-electron chi connectivity index (χ0n) is 24.2. The van der Waals surface area contributed by atoms with Crippen LogP contribution in [0.15, 0.2) is 103 Å². The lowest BCUT2D eigenvalue weighted by Gasteiger charge is -2.27. The topological polar surface area (TPSA) is 84.9 Å². The molecule has 0 radical (unpaired) electrons. The molecule has 4 aromatic carbocycles. The van der Waals surface area contributed by atoms with E-state index in [9.17, 15) is 14.4 Å². The number of nitrogens with zero attached hydrogens (tertiary/aromatic N) is 1. The molecule has 6 rings (SSSR count). The quantitative estimate of drug-likeness (QED) is 0.209. The molecule has 224 valence electrons. The Kier molecular flexibility index (Phi) is 8.94. The van der Waals surface area contributed by atoms with Gasteiger partial charge < -0.3 is 19.7 Å². The van der Waals surface area contributed by atoms with Crippen LogP contribution in [0.3, 0.4) is 0 Å². The average molecular weight is 609 g/mol. The van der Waals surface area contributed by atoms with Gasteiger partial charge in [-0.1, -0.05) is 91.0 Å². The van der Waals surface area contributed by atoms with Gasteiger partial charge in [0.25, 0.3) is 0 Å². The van der Waals surface area contributed by atoms with Gasteiger partial charge in [-0.15, -0.1) is 0 Å². The highest BCUT2D eigenvalue weighted by molar-refractivity contribution is 6.64. The molecular weight excluding hydrogens is 576 g/mol. The van der Waals surface area contributed by atoms with Gasteiger partial charge in [-0.05, 0) is 70.0 Å². The summed E-state index contributed by atoms with van der Waals surface area (Å²) in [5.41, 5.74) is 6.35. The number of likely N-dealkylation sites (tertiary alicyclic amines) is 1. The van der Waals surface area contributed by atoms with Crippen molar-refractivity contribution in [2.45, 2.75) is 43.9 Å². The van der Waals surface area contributed by atoms with Gasteiger partial charge in [0.2, 0.25) is 11.1 Å². The van der Waals surface area contributed by atoms with Crippen molar-refractivity contribution in [3.05, 3.63) is 125 Å². The van der Waals surface area contributed by atoms with Crippen molar-refractivity contribution in [2.75, 3.05) is 13.2 Å². The number of carbonyl (C=O) groups is 3.